The van der Waals surface area contributed by atoms with Crippen molar-refractivity contribution in [1.82, 2.24) is 5.32 Å². The number of carbonyl (C=O) groups excluding carboxylic acids is 2. The maximum absolute atomic E-state index is 12.3. The van der Waals surface area contributed by atoms with E-state index in [4.69, 9.17) is 27.9 Å². The Kier molecular flexibility index (Phi) is 7.76. The van der Waals surface area contributed by atoms with Gasteiger partial charge in [0.1, 0.15) is 5.75 Å². The molecule has 27 heavy (non-hydrogen) atoms. The summed E-state index contributed by atoms with van der Waals surface area (Å²) in [5, 5.41) is 9.42. The number of rotatable bonds is 8. The van der Waals surface area contributed by atoms with Gasteiger partial charge >= 0.3 is 0 Å². The molecule has 0 heterocycles. The van der Waals surface area contributed by atoms with Gasteiger partial charge in [0.05, 0.1) is 24.9 Å². The Morgan fingerprint density at radius 1 is 1.04 bits per heavy atom. The molecule has 0 fully saturated rings. The molecule has 0 aliphatic heterocycles. The van der Waals surface area contributed by atoms with Gasteiger partial charge in [-0.2, -0.15) is 0 Å². The molecular weight excluding hydrogens is 389 g/mol. The van der Waals surface area contributed by atoms with Gasteiger partial charge in [0.2, 0.25) is 5.91 Å². The standard InChI is InChI=1S/C19H21Cl2N3O3/c1-3-8-22-19(26)14-6-4-12(20)9-15(14)23-11-18(25)24-16-10-13(21)5-7-17(16)27-2/h4-7,9-10,23H,3,8,11H2,1-2H3,(H,22,26)(H,24,25). The number of carbonyl (C=O) groups is 2. The highest BCUT2D eigenvalue weighted by atomic mass is 35.5. The minimum absolute atomic E-state index is 0.0654. The van der Waals surface area contributed by atoms with E-state index < -0.39 is 0 Å². The minimum Gasteiger partial charge on any atom is -0.495 e. The average Bonchev–Trinajstić information content (AvgIpc) is 2.64. The van der Waals surface area contributed by atoms with E-state index in [1.807, 2.05) is 6.92 Å². The van der Waals surface area contributed by atoms with Gasteiger partial charge in [-0.05, 0) is 42.8 Å². The van der Waals surface area contributed by atoms with Crippen LogP contribution in [0.3, 0.4) is 0 Å². The quantitative estimate of drug-likeness (QED) is 0.610. The summed E-state index contributed by atoms with van der Waals surface area (Å²) >= 11 is 12.0. The number of hydrogen-bond donors (Lipinski definition) is 3. The van der Waals surface area contributed by atoms with Crippen molar-refractivity contribution >= 4 is 46.4 Å². The number of nitrogens with one attached hydrogen (secondary N) is 3. The number of ether oxygens (including phenoxy) is 1. The molecule has 0 aromatic heterocycles. The van der Waals surface area contributed by atoms with E-state index in [1.54, 1.807) is 36.4 Å². The summed E-state index contributed by atoms with van der Waals surface area (Å²) in [5.41, 5.74) is 1.36. The Bertz CT molecular complexity index is 828. The van der Waals surface area contributed by atoms with E-state index in [2.05, 4.69) is 16.0 Å². The molecule has 0 saturated heterocycles. The van der Waals surface area contributed by atoms with Crippen LogP contribution >= 0.6 is 23.2 Å². The second-order valence-corrected chi connectivity index (χ2v) is 6.57. The molecule has 2 aromatic carbocycles. The van der Waals surface area contributed by atoms with E-state index >= 15 is 0 Å². The second-order valence-electron chi connectivity index (χ2n) is 5.69. The van der Waals surface area contributed by atoms with Crippen molar-refractivity contribution in [3.05, 3.63) is 52.0 Å². The molecule has 0 spiro atoms. The lowest BCUT2D eigenvalue weighted by Gasteiger charge is -2.14. The van der Waals surface area contributed by atoms with Gasteiger partial charge in [-0.3, -0.25) is 9.59 Å². The molecule has 0 atom stereocenters. The van der Waals surface area contributed by atoms with Crippen LogP contribution < -0.4 is 20.7 Å². The summed E-state index contributed by atoms with van der Waals surface area (Å²) in [6.45, 7) is 2.47. The van der Waals surface area contributed by atoms with Crippen molar-refractivity contribution < 1.29 is 14.3 Å². The maximum Gasteiger partial charge on any atom is 0.253 e. The van der Waals surface area contributed by atoms with Crippen molar-refractivity contribution in [2.45, 2.75) is 13.3 Å². The Morgan fingerprint density at radius 3 is 2.37 bits per heavy atom. The SMILES string of the molecule is CCCNC(=O)c1ccc(Cl)cc1NCC(=O)Nc1cc(Cl)ccc1OC. The summed E-state index contributed by atoms with van der Waals surface area (Å²) in [7, 11) is 1.50. The fourth-order valence-electron chi connectivity index (χ4n) is 2.34. The summed E-state index contributed by atoms with van der Waals surface area (Å²) in [6.07, 6.45) is 0.825. The largest absolute Gasteiger partial charge is 0.495 e. The highest BCUT2D eigenvalue weighted by Crippen LogP contribution is 2.27. The van der Waals surface area contributed by atoms with Gasteiger partial charge in [0.15, 0.2) is 0 Å². The number of methoxy groups -OCH3 is 1. The van der Waals surface area contributed by atoms with Crippen LogP contribution in [0.2, 0.25) is 10.0 Å². The summed E-state index contributed by atoms with van der Waals surface area (Å²) in [5.74, 6) is -0.0569. The van der Waals surface area contributed by atoms with Crippen LogP contribution in [0, 0.1) is 0 Å². The number of halogens is 2. The van der Waals surface area contributed by atoms with Crippen LogP contribution in [0.1, 0.15) is 23.7 Å². The van der Waals surface area contributed by atoms with Gasteiger partial charge in [-0.1, -0.05) is 30.1 Å². The Hall–Kier alpha value is -2.44. The summed E-state index contributed by atoms with van der Waals surface area (Å²) in [4.78, 5) is 24.6. The summed E-state index contributed by atoms with van der Waals surface area (Å²) in [6, 6.07) is 9.79. The van der Waals surface area contributed by atoms with E-state index in [9.17, 15) is 9.59 Å². The molecule has 0 radical (unpaired) electrons. The zero-order valence-electron chi connectivity index (χ0n) is 15.1. The first-order valence-corrected chi connectivity index (χ1v) is 9.15. The molecule has 0 aliphatic carbocycles. The predicted octanol–water partition coefficient (Wildman–Crippen LogP) is 4.19. The zero-order chi connectivity index (χ0) is 19.8. The first-order valence-electron chi connectivity index (χ1n) is 8.39. The molecule has 8 heteroatoms. The molecule has 2 amide bonds. The molecule has 3 N–H and O–H groups in total. The molecule has 0 saturated carbocycles. The molecule has 2 rings (SSSR count). The number of benzene rings is 2. The van der Waals surface area contributed by atoms with Gasteiger partial charge in [-0.15, -0.1) is 0 Å². The van der Waals surface area contributed by atoms with Crippen LogP contribution in [0.15, 0.2) is 36.4 Å². The van der Waals surface area contributed by atoms with Crippen LogP contribution in [0.5, 0.6) is 5.75 Å². The van der Waals surface area contributed by atoms with Gasteiger partial charge < -0.3 is 20.7 Å². The van der Waals surface area contributed by atoms with Crippen molar-refractivity contribution in [1.29, 1.82) is 0 Å². The molecule has 0 bridgehead atoms. The number of amides is 2. The van der Waals surface area contributed by atoms with Gasteiger partial charge in [0.25, 0.3) is 5.91 Å². The third-order valence-corrected chi connectivity index (χ3v) is 4.11. The third-order valence-electron chi connectivity index (χ3n) is 3.64. The summed E-state index contributed by atoms with van der Waals surface area (Å²) < 4.78 is 5.20. The molecule has 0 unspecified atom stereocenters. The van der Waals surface area contributed by atoms with Crippen LogP contribution in [-0.2, 0) is 4.79 Å². The fraction of sp³-hybridized carbons (Fsp3) is 0.263. The zero-order valence-corrected chi connectivity index (χ0v) is 16.6. The fourth-order valence-corrected chi connectivity index (χ4v) is 2.69. The molecule has 6 nitrogen and oxygen atoms in total. The van der Waals surface area contributed by atoms with E-state index in [-0.39, 0.29) is 18.4 Å². The Morgan fingerprint density at radius 2 is 1.70 bits per heavy atom. The Labute approximate surface area is 168 Å². The van der Waals surface area contributed by atoms with Crippen molar-refractivity contribution in [3.63, 3.8) is 0 Å². The van der Waals surface area contributed by atoms with Gasteiger partial charge in [0, 0.05) is 22.3 Å². The smallest absolute Gasteiger partial charge is 0.253 e. The van der Waals surface area contributed by atoms with Crippen LogP contribution in [0.4, 0.5) is 11.4 Å². The first kappa shape index (κ1) is 20.9. The highest BCUT2D eigenvalue weighted by molar-refractivity contribution is 6.31. The molecule has 2 aromatic rings. The van der Waals surface area contributed by atoms with Crippen molar-refractivity contribution in [2.24, 2.45) is 0 Å². The first-order chi connectivity index (χ1) is 12.9. The average molecular weight is 410 g/mol. The van der Waals surface area contributed by atoms with Crippen molar-refractivity contribution in [2.75, 3.05) is 30.8 Å². The van der Waals surface area contributed by atoms with Crippen LogP contribution in [0.25, 0.3) is 0 Å². The number of anilines is 2. The normalized spacial score (nSPS) is 10.2. The lowest BCUT2D eigenvalue weighted by molar-refractivity contribution is -0.114. The highest BCUT2D eigenvalue weighted by Gasteiger charge is 2.13. The lowest BCUT2D eigenvalue weighted by Crippen LogP contribution is -2.27. The molecule has 144 valence electrons. The predicted molar refractivity (Wildman–Crippen MR) is 109 cm³/mol. The third kappa shape index (κ3) is 6.05. The minimum atomic E-state index is -0.324. The second kappa shape index (κ2) is 10.0. The van der Waals surface area contributed by atoms with Gasteiger partial charge in [-0.25, -0.2) is 0 Å². The van der Waals surface area contributed by atoms with E-state index in [0.29, 0.717) is 39.3 Å². The van der Waals surface area contributed by atoms with Crippen LogP contribution in [-0.4, -0.2) is 32.0 Å². The number of hydrogen-bond acceptors (Lipinski definition) is 4. The molecular formula is C19H21Cl2N3O3. The van der Waals surface area contributed by atoms with E-state index in [0.717, 1.165) is 6.42 Å². The lowest BCUT2D eigenvalue weighted by atomic mass is 10.1. The van der Waals surface area contributed by atoms with E-state index in [1.165, 1.54) is 7.11 Å². The monoisotopic (exact) mass is 409 g/mol. The topological polar surface area (TPSA) is 79.5 Å². The van der Waals surface area contributed by atoms with Crippen molar-refractivity contribution in [3.8, 4) is 5.75 Å². The maximum atomic E-state index is 12.3. The Balaban J connectivity index is 2.07. The molecule has 0 aliphatic rings.